The molecule has 1 heterocycles. The monoisotopic (exact) mass is 610 g/mol. The third-order valence-corrected chi connectivity index (χ3v) is 8.77. The number of carbonyl (C=O) groups is 2. The van der Waals surface area contributed by atoms with Gasteiger partial charge in [-0.05, 0) is 64.2 Å². The molecule has 1 saturated heterocycles. The summed E-state index contributed by atoms with van der Waals surface area (Å²) in [7, 11) is 0. The number of thioether (sulfide) groups is 1. The van der Waals surface area contributed by atoms with Crippen LogP contribution in [0.1, 0.15) is 55.4 Å². The second kappa shape index (κ2) is 14.7. The van der Waals surface area contributed by atoms with Crippen LogP contribution in [0.15, 0.2) is 102 Å². The molecule has 0 radical (unpaired) electrons. The van der Waals surface area contributed by atoms with Crippen molar-refractivity contribution in [3.8, 4) is 11.1 Å². The summed E-state index contributed by atoms with van der Waals surface area (Å²) < 4.78 is 13.3. The van der Waals surface area contributed by atoms with Crippen molar-refractivity contribution in [1.29, 1.82) is 0 Å². The summed E-state index contributed by atoms with van der Waals surface area (Å²) >= 11 is 1.71. The number of aliphatic hydroxyl groups excluding tert-OH is 1. The summed E-state index contributed by atoms with van der Waals surface area (Å²) in [5.74, 6) is 0.622. The van der Waals surface area contributed by atoms with E-state index in [1.54, 1.807) is 11.8 Å². The summed E-state index contributed by atoms with van der Waals surface area (Å²) in [4.78, 5) is 23.9. The van der Waals surface area contributed by atoms with E-state index in [0.717, 1.165) is 49.7 Å². The predicted molar refractivity (Wildman–Crippen MR) is 174 cm³/mol. The summed E-state index contributed by atoms with van der Waals surface area (Å²) in [6.07, 6.45) is -0.899. The van der Waals surface area contributed by atoms with Crippen LogP contribution in [-0.2, 0) is 32.2 Å². The van der Waals surface area contributed by atoms with E-state index in [1.165, 1.54) is 13.8 Å². The highest BCUT2D eigenvalue weighted by atomic mass is 32.2. The number of amides is 2. The quantitative estimate of drug-likeness (QED) is 0.167. The first-order valence-electron chi connectivity index (χ1n) is 14.7. The van der Waals surface area contributed by atoms with E-state index in [2.05, 4.69) is 41.8 Å². The molecule has 0 unspecified atom stereocenters. The Morgan fingerprint density at radius 1 is 0.795 bits per heavy atom. The molecule has 4 aromatic carbocycles. The summed E-state index contributed by atoms with van der Waals surface area (Å²) in [6.45, 7) is 5.64. The largest absolute Gasteiger partial charge is 0.392 e. The third kappa shape index (κ3) is 8.15. The van der Waals surface area contributed by atoms with Crippen molar-refractivity contribution >= 4 is 29.3 Å². The van der Waals surface area contributed by atoms with E-state index >= 15 is 0 Å². The van der Waals surface area contributed by atoms with Gasteiger partial charge in [0, 0.05) is 48.2 Å². The molecule has 1 aliphatic heterocycles. The molecule has 44 heavy (non-hydrogen) atoms. The Morgan fingerprint density at radius 3 is 2.18 bits per heavy atom. The Kier molecular flexibility index (Phi) is 10.5. The van der Waals surface area contributed by atoms with Crippen LogP contribution in [0.5, 0.6) is 0 Å². The number of hydrogen-bond donors (Lipinski definition) is 3. The van der Waals surface area contributed by atoms with Crippen molar-refractivity contribution in [2.45, 2.75) is 57.3 Å². The molecule has 228 valence electrons. The van der Waals surface area contributed by atoms with Gasteiger partial charge in [0.25, 0.3) is 0 Å². The van der Waals surface area contributed by atoms with Gasteiger partial charge in [0.2, 0.25) is 11.8 Å². The van der Waals surface area contributed by atoms with Crippen LogP contribution in [-0.4, -0.2) is 28.8 Å². The van der Waals surface area contributed by atoms with Crippen molar-refractivity contribution in [3.05, 3.63) is 119 Å². The van der Waals surface area contributed by atoms with Crippen LogP contribution >= 0.6 is 11.8 Å². The fourth-order valence-corrected chi connectivity index (χ4v) is 6.35. The van der Waals surface area contributed by atoms with Gasteiger partial charge in [0.15, 0.2) is 6.29 Å². The molecule has 5 rings (SSSR count). The van der Waals surface area contributed by atoms with Gasteiger partial charge >= 0.3 is 0 Å². The second-order valence-corrected chi connectivity index (χ2v) is 12.2. The maximum Gasteiger partial charge on any atom is 0.221 e. The van der Waals surface area contributed by atoms with Crippen LogP contribution in [0.4, 0.5) is 5.69 Å². The normalized spacial score (nSPS) is 19.7. The molecule has 7 nitrogen and oxygen atoms in total. The first-order chi connectivity index (χ1) is 21.3. The summed E-state index contributed by atoms with van der Waals surface area (Å²) in [5.41, 5.74) is 6.69. The van der Waals surface area contributed by atoms with Gasteiger partial charge in [0.1, 0.15) is 0 Å². The average Bonchev–Trinajstić information content (AvgIpc) is 3.04. The Bertz CT molecular complexity index is 1570. The van der Waals surface area contributed by atoms with Gasteiger partial charge in [-0.1, -0.05) is 67.6 Å². The van der Waals surface area contributed by atoms with E-state index in [9.17, 15) is 14.7 Å². The number of nitrogens with one attached hydrogen (secondary N) is 2. The third-order valence-electron chi connectivity index (χ3n) is 7.67. The second-order valence-electron chi connectivity index (χ2n) is 11.1. The molecule has 1 fully saturated rings. The number of rotatable bonds is 10. The standard InChI is InChI=1S/C36H38N2O5S/c1-23-34(22-44-33-16-14-32(15-17-33)38-25(3)41)42-36(43-35(23)28-12-10-26(21-39)11-13-28)31-9-5-8-30(19-31)29-7-4-6-27(18-29)20-37-24(2)40/h4-19,23,34-36,39H,20-22H2,1-3H3,(H,37,40)(H,38,41)/t23-,34+,35+,36+/m1/s1. The van der Waals surface area contributed by atoms with Gasteiger partial charge in [-0.25, -0.2) is 0 Å². The highest BCUT2D eigenvalue weighted by molar-refractivity contribution is 7.99. The van der Waals surface area contributed by atoms with Crippen LogP contribution in [0.25, 0.3) is 11.1 Å². The Balaban J connectivity index is 1.39. The van der Waals surface area contributed by atoms with Gasteiger partial charge in [0.05, 0.1) is 18.8 Å². The lowest BCUT2D eigenvalue weighted by Crippen LogP contribution is -2.38. The Labute approximate surface area is 263 Å². The zero-order chi connectivity index (χ0) is 31.1. The molecule has 0 bridgehead atoms. The lowest BCUT2D eigenvalue weighted by Gasteiger charge is -2.41. The van der Waals surface area contributed by atoms with Crippen molar-refractivity contribution < 1.29 is 24.2 Å². The molecular formula is C36H38N2O5S. The van der Waals surface area contributed by atoms with Crippen molar-refractivity contribution in [2.75, 3.05) is 11.1 Å². The summed E-state index contributed by atoms with van der Waals surface area (Å²) in [5, 5.41) is 15.2. The Morgan fingerprint density at radius 2 is 1.50 bits per heavy atom. The van der Waals surface area contributed by atoms with Gasteiger partial charge in [-0.2, -0.15) is 0 Å². The van der Waals surface area contributed by atoms with Gasteiger partial charge in [-0.3, -0.25) is 9.59 Å². The van der Waals surface area contributed by atoms with Crippen molar-refractivity contribution in [3.63, 3.8) is 0 Å². The van der Waals surface area contributed by atoms with E-state index < -0.39 is 6.29 Å². The number of carbonyl (C=O) groups excluding carboxylic acids is 2. The first kappa shape index (κ1) is 31.5. The Hall–Kier alpha value is -3.95. The van der Waals surface area contributed by atoms with Crippen LogP contribution in [0.2, 0.25) is 0 Å². The minimum absolute atomic E-state index is 0.00804. The zero-order valence-corrected chi connectivity index (χ0v) is 26.0. The molecule has 0 aliphatic carbocycles. The van der Waals surface area contributed by atoms with E-state index in [1.807, 2.05) is 72.8 Å². The van der Waals surface area contributed by atoms with Crippen LogP contribution in [0, 0.1) is 5.92 Å². The lowest BCUT2D eigenvalue weighted by atomic mass is 9.91. The number of hydrogen-bond acceptors (Lipinski definition) is 6. The maximum absolute atomic E-state index is 11.4. The van der Waals surface area contributed by atoms with E-state index in [4.69, 9.17) is 9.47 Å². The molecule has 4 atom stereocenters. The fraction of sp³-hybridized carbons (Fsp3) is 0.278. The molecular weight excluding hydrogens is 572 g/mol. The predicted octanol–water partition coefficient (Wildman–Crippen LogP) is 7.02. The molecule has 3 N–H and O–H groups in total. The molecule has 2 amide bonds. The number of aliphatic hydroxyl groups is 1. The molecule has 0 spiro atoms. The SMILES string of the molecule is CC(=O)NCc1cccc(-c2cccc([C@H]3O[C@@H](CSc4ccc(NC(C)=O)cc4)[C@@H](C)[C@@H](c4ccc(CO)cc4)O3)c2)c1. The molecule has 4 aromatic rings. The van der Waals surface area contributed by atoms with Crippen molar-refractivity contribution in [1.82, 2.24) is 5.32 Å². The van der Waals surface area contributed by atoms with Crippen LogP contribution < -0.4 is 10.6 Å². The number of ether oxygens (including phenoxy) is 2. The van der Waals surface area contributed by atoms with Gasteiger partial charge < -0.3 is 25.2 Å². The topological polar surface area (TPSA) is 96.9 Å². The number of anilines is 1. The summed E-state index contributed by atoms with van der Waals surface area (Å²) in [6, 6.07) is 32.1. The molecule has 1 aliphatic rings. The molecule has 8 heteroatoms. The number of benzene rings is 4. The van der Waals surface area contributed by atoms with E-state index in [-0.39, 0.29) is 36.5 Å². The average molecular weight is 611 g/mol. The highest BCUT2D eigenvalue weighted by Gasteiger charge is 2.38. The smallest absolute Gasteiger partial charge is 0.221 e. The first-order valence-corrected chi connectivity index (χ1v) is 15.7. The highest BCUT2D eigenvalue weighted by Crippen LogP contribution is 2.43. The maximum atomic E-state index is 11.4. The minimum Gasteiger partial charge on any atom is -0.392 e. The molecule has 0 aromatic heterocycles. The van der Waals surface area contributed by atoms with Crippen LogP contribution in [0.3, 0.4) is 0 Å². The molecule has 0 saturated carbocycles. The fourth-order valence-electron chi connectivity index (χ4n) is 5.28. The van der Waals surface area contributed by atoms with E-state index in [0.29, 0.717) is 6.54 Å². The minimum atomic E-state index is -0.580. The van der Waals surface area contributed by atoms with Crippen molar-refractivity contribution in [2.24, 2.45) is 5.92 Å². The zero-order valence-electron chi connectivity index (χ0n) is 25.2. The van der Waals surface area contributed by atoms with Gasteiger partial charge in [-0.15, -0.1) is 11.8 Å². The lowest BCUT2D eigenvalue weighted by molar-refractivity contribution is -0.268.